The Hall–Kier alpha value is -3.31. The van der Waals surface area contributed by atoms with E-state index in [1.807, 2.05) is 12.1 Å². The van der Waals surface area contributed by atoms with Crippen molar-refractivity contribution in [2.75, 3.05) is 19.0 Å². The Morgan fingerprint density at radius 1 is 0.903 bits per heavy atom. The van der Waals surface area contributed by atoms with Crippen LogP contribution in [-0.4, -0.2) is 25.5 Å². The number of halogens is 1. The molecule has 6 heteroatoms. The van der Waals surface area contributed by atoms with E-state index in [1.54, 1.807) is 74.7 Å². The molecular weight excluding hydrogens is 414 g/mol. The van der Waals surface area contributed by atoms with Crippen molar-refractivity contribution >= 4 is 29.0 Å². The molecule has 31 heavy (non-hydrogen) atoms. The van der Waals surface area contributed by atoms with Gasteiger partial charge in [0.15, 0.2) is 5.78 Å². The number of nitrogens with one attached hydrogen (secondary N) is 1. The average molecular weight is 438 g/mol. The summed E-state index contributed by atoms with van der Waals surface area (Å²) in [6.07, 6.45) is 0.244. The van der Waals surface area contributed by atoms with Crippen molar-refractivity contribution in [3.63, 3.8) is 0 Å². The highest BCUT2D eigenvalue weighted by Gasteiger charge is 2.18. The standard InChI is InChI=1S/C25H24ClNO4/c1-3-31-25(29)19-6-12-21(13-7-19)27-23(17-4-10-20(26)11-5-17)16-24(28)18-8-14-22(30-2)15-9-18/h4-15,23,27H,3,16H2,1-2H3. The lowest BCUT2D eigenvalue weighted by Gasteiger charge is -2.20. The Labute approximate surface area is 187 Å². The Kier molecular flexibility index (Phi) is 7.68. The predicted molar refractivity (Wildman–Crippen MR) is 122 cm³/mol. The predicted octanol–water partition coefficient (Wildman–Crippen LogP) is 5.95. The number of anilines is 1. The fourth-order valence-corrected chi connectivity index (χ4v) is 3.27. The lowest BCUT2D eigenvalue weighted by molar-refractivity contribution is 0.0526. The molecule has 0 radical (unpaired) electrons. The van der Waals surface area contributed by atoms with Gasteiger partial charge in [-0.05, 0) is 73.2 Å². The van der Waals surface area contributed by atoms with Crippen LogP contribution in [0.25, 0.3) is 0 Å². The third-order valence-corrected chi connectivity index (χ3v) is 5.06. The van der Waals surface area contributed by atoms with Gasteiger partial charge in [-0.25, -0.2) is 4.79 Å². The minimum absolute atomic E-state index is 0.00162. The molecule has 0 aliphatic rings. The third kappa shape index (κ3) is 6.09. The first-order valence-electron chi connectivity index (χ1n) is 9.96. The summed E-state index contributed by atoms with van der Waals surface area (Å²) >= 11 is 6.04. The first-order chi connectivity index (χ1) is 15.0. The molecule has 0 bridgehead atoms. The van der Waals surface area contributed by atoms with Gasteiger partial charge in [0.05, 0.1) is 25.3 Å². The van der Waals surface area contributed by atoms with Gasteiger partial charge >= 0.3 is 5.97 Å². The van der Waals surface area contributed by atoms with Gasteiger partial charge in [-0.3, -0.25) is 4.79 Å². The van der Waals surface area contributed by atoms with Crippen LogP contribution in [0.1, 0.15) is 45.7 Å². The van der Waals surface area contributed by atoms with E-state index in [9.17, 15) is 9.59 Å². The fourth-order valence-electron chi connectivity index (χ4n) is 3.15. The molecule has 0 fully saturated rings. The molecule has 3 rings (SSSR count). The quantitative estimate of drug-likeness (QED) is 0.331. The number of rotatable bonds is 9. The highest BCUT2D eigenvalue weighted by atomic mass is 35.5. The Morgan fingerprint density at radius 2 is 1.52 bits per heavy atom. The third-order valence-electron chi connectivity index (χ3n) is 4.81. The minimum atomic E-state index is -0.363. The molecule has 0 saturated carbocycles. The number of hydrogen-bond acceptors (Lipinski definition) is 5. The van der Waals surface area contributed by atoms with Gasteiger partial charge in [-0.2, -0.15) is 0 Å². The van der Waals surface area contributed by atoms with Gasteiger partial charge in [-0.15, -0.1) is 0 Å². The van der Waals surface area contributed by atoms with Crippen LogP contribution < -0.4 is 10.1 Å². The summed E-state index contributed by atoms with van der Waals surface area (Å²) in [4.78, 5) is 24.8. The maximum Gasteiger partial charge on any atom is 0.338 e. The number of Topliss-reactive ketones (excluding diaryl/α,β-unsaturated/α-hetero) is 1. The molecule has 0 aromatic heterocycles. The molecule has 160 valence electrons. The van der Waals surface area contributed by atoms with Crippen molar-refractivity contribution in [1.82, 2.24) is 0 Å². The van der Waals surface area contributed by atoms with Crippen LogP contribution in [0.4, 0.5) is 5.69 Å². The first-order valence-corrected chi connectivity index (χ1v) is 10.3. The molecule has 3 aromatic rings. The summed E-state index contributed by atoms with van der Waals surface area (Å²) in [7, 11) is 1.59. The molecule has 3 aromatic carbocycles. The SMILES string of the molecule is CCOC(=O)c1ccc(NC(CC(=O)c2ccc(OC)cc2)c2ccc(Cl)cc2)cc1. The van der Waals surface area contributed by atoms with Crippen LogP contribution in [0, 0.1) is 0 Å². The number of carbonyl (C=O) groups is 2. The van der Waals surface area contributed by atoms with Crippen molar-refractivity contribution in [1.29, 1.82) is 0 Å². The molecule has 1 N–H and O–H groups in total. The minimum Gasteiger partial charge on any atom is -0.497 e. The van der Waals surface area contributed by atoms with Gasteiger partial charge in [-0.1, -0.05) is 23.7 Å². The molecule has 0 saturated heterocycles. The summed E-state index contributed by atoms with van der Waals surface area (Å²) in [5, 5.41) is 4.02. The monoisotopic (exact) mass is 437 g/mol. The van der Waals surface area contributed by atoms with Crippen LogP contribution >= 0.6 is 11.6 Å². The number of methoxy groups -OCH3 is 1. The largest absolute Gasteiger partial charge is 0.497 e. The average Bonchev–Trinajstić information content (AvgIpc) is 2.80. The van der Waals surface area contributed by atoms with Crippen molar-refractivity contribution in [3.05, 3.63) is 94.5 Å². The molecule has 0 amide bonds. The zero-order valence-electron chi connectivity index (χ0n) is 17.4. The second-order valence-electron chi connectivity index (χ2n) is 6.90. The van der Waals surface area contributed by atoms with Crippen LogP contribution in [0.2, 0.25) is 5.02 Å². The second-order valence-corrected chi connectivity index (χ2v) is 7.34. The lowest BCUT2D eigenvalue weighted by atomic mass is 9.97. The van der Waals surface area contributed by atoms with Crippen molar-refractivity contribution in [3.8, 4) is 5.75 Å². The number of carbonyl (C=O) groups excluding carboxylic acids is 2. The maximum absolute atomic E-state index is 12.9. The van der Waals surface area contributed by atoms with Crippen LogP contribution in [0.15, 0.2) is 72.8 Å². The van der Waals surface area contributed by atoms with Crippen LogP contribution in [0.5, 0.6) is 5.75 Å². The van der Waals surface area contributed by atoms with E-state index in [0.29, 0.717) is 28.5 Å². The van der Waals surface area contributed by atoms with Crippen molar-refractivity contribution < 1.29 is 19.1 Å². The second kappa shape index (κ2) is 10.6. The Morgan fingerprint density at radius 3 is 2.10 bits per heavy atom. The molecule has 5 nitrogen and oxygen atoms in total. The van der Waals surface area contributed by atoms with Gasteiger partial charge in [0.1, 0.15) is 5.75 Å². The molecule has 1 unspecified atom stereocenters. The summed E-state index contributed by atoms with van der Waals surface area (Å²) in [5.74, 6) is 0.335. The number of benzene rings is 3. The molecule has 0 aliphatic carbocycles. The van der Waals surface area contributed by atoms with Crippen LogP contribution in [0.3, 0.4) is 0 Å². The van der Waals surface area contributed by atoms with E-state index in [4.69, 9.17) is 21.1 Å². The zero-order chi connectivity index (χ0) is 22.2. The normalized spacial score (nSPS) is 11.5. The summed E-state index contributed by atoms with van der Waals surface area (Å²) < 4.78 is 10.2. The highest BCUT2D eigenvalue weighted by molar-refractivity contribution is 6.30. The maximum atomic E-state index is 12.9. The number of hydrogen-bond donors (Lipinski definition) is 1. The molecule has 0 aliphatic heterocycles. The van der Waals surface area contributed by atoms with Crippen molar-refractivity contribution in [2.24, 2.45) is 0 Å². The van der Waals surface area contributed by atoms with Gasteiger partial charge in [0, 0.05) is 22.7 Å². The molecule has 0 spiro atoms. The van der Waals surface area contributed by atoms with Crippen molar-refractivity contribution in [2.45, 2.75) is 19.4 Å². The summed E-state index contributed by atoms with van der Waals surface area (Å²) in [6.45, 7) is 2.09. The molecular formula is C25H24ClNO4. The first kappa shape index (κ1) is 22.4. The Bertz CT molecular complexity index is 1010. The van der Waals surface area contributed by atoms with Gasteiger partial charge in [0.2, 0.25) is 0 Å². The van der Waals surface area contributed by atoms with E-state index in [0.717, 1.165) is 11.3 Å². The van der Waals surface area contributed by atoms with E-state index in [1.165, 1.54) is 0 Å². The van der Waals surface area contributed by atoms with E-state index in [2.05, 4.69) is 5.32 Å². The van der Waals surface area contributed by atoms with E-state index < -0.39 is 0 Å². The van der Waals surface area contributed by atoms with E-state index >= 15 is 0 Å². The van der Waals surface area contributed by atoms with E-state index in [-0.39, 0.29) is 24.2 Å². The number of esters is 1. The number of ketones is 1. The lowest BCUT2D eigenvalue weighted by Crippen LogP contribution is -2.16. The van der Waals surface area contributed by atoms with Crippen LogP contribution in [-0.2, 0) is 4.74 Å². The van der Waals surface area contributed by atoms with Gasteiger partial charge < -0.3 is 14.8 Å². The summed E-state index contributed by atoms with van der Waals surface area (Å²) in [6, 6.07) is 21.2. The zero-order valence-corrected chi connectivity index (χ0v) is 18.2. The topological polar surface area (TPSA) is 64.6 Å². The Balaban J connectivity index is 1.80. The smallest absolute Gasteiger partial charge is 0.338 e. The molecule has 1 atom stereocenters. The molecule has 0 heterocycles. The number of ether oxygens (including phenoxy) is 2. The summed E-state index contributed by atoms with van der Waals surface area (Å²) in [5.41, 5.74) is 2.81. The fraction of sp³-hybridized carbons (Fsp3) is 0.200. The highest BCUT2D eigenvalue weighted by Crippen LogP contribution is 2.26. The van der Waals surface area contributed by atoms with Gasteiger partial charge in [0.25, 0.3) is 0 Å².